The van der Waals surface area contributed by atoms with Crippen LogP contribution in [0.5, 0.6) is 11.5 Å². The van der Waals surface area contributed by atoms with Crippen LogP contribution >= 0.6 is 11.3 Å². The summed E-state index contributed by atoms with van der Waals surface area (Å²) < 4.78 is 19.2. The van der Waals surface area contributed by atoms with Crippen LogP contribution in [0.15, 0.2) is 30.5 Å². The Balaban J connectivity index is 1.25. The number of aromatic nitrogens is 3. The van der Waals surface area contributed by atoms with Crippen LogP contribution < -0.4 is 14.8 Å². The maximum Gasteiger partial charge on any atom is 0.264 e. The third-order valence-corrected chi connectivity index (χ3v) is 8.59. The van der Waals surface area contributed by atoms with Crippen LogP contribution in [0.4, 0.5) is 0 Å². The second-order valence-corrected chi connectivity index (χ2v) is 11.1. The molecule has 2 aliphatic heterocycles. The van der Waals surface area contributed by atoms with E-state index < -0.39 is 0 Å². The van der Waals surface area contributed by atoms with E-state index in [2.05, 4.69) is 21.7 Å². The summed E-state index contributed by atoms with van der Waals surface area (Å²) in [5.74, 6) is 0.753. The molecule has 1 aliphatic carbocycles. The first-order chi connectivity index (χ1) is 18.6. The molecule has 0 saturated carbocycles. The maximum absolute atomic E-state index is 13.5. The molecule has 6 rings (SSSR count). The summed E-state index contributed by atoms with van der Waals surface area (Å²) in [6.45, 7) is 1.79. The Hall–Kier alpha value is -3.44. The van der Waals surface area contributed by atoms with Crippen molar-refractivity contribution in [1.29, 1.82) is 0 Å². The zero-order chi connectivity index (χ0) is 26.1. The number of nitrogens with one attached hydrogen (secondary N) is 1. The second-order valence-electron chi connectivity index (χ2n) is 9.95. The Morgan fingerprint density at radius 2 is 2.08 bits per heavy atom. The van der Waals surface area contributed by atoms with Crippen molar-refractivity contribution in [3.8, 4) is 11.5 Å². The third kappa shape index (κ3) is 5.12. The third-order valence-electron chi connectivity index (χ3n) is 7.36. The first-order valence-corrected chi connectivity index (χ1v) is 13.9. The van der Waals surface area contributed by atoms with Gasteiger partial charge in [0.1, 0.15) is 12.3 Å². The number of carbonyl (C=O) groups is 2. The van der Waals surface area contributed by atoms with E-state index in [1.54, 1.807) is 46.2 Å². The van der Waals surface area contributed by atoms with Crippen molar-refractivity contribution in [3.05, 3.63) is 57.0 Å². The van der Waals surface area contributed by atoms with Gasteiger partial charge in [-0.3, -0.25) is 9.59 Å². The summed E-state index contributed by atoms with van der Waals surface area (Å²) in [5, 5.41) is 11.5. The lowest BCUT2D eigenvalue weighted by atomic mass is 10.1. The van der Waals surface area contributed by atoms with Gasteiger partial charge in [-0.05, 0) is 55.5 Å². The summed E-state index contributed by atoms with van der Waals surface area (Å²) in [7, 11) is 1.56. The highest BCUT2D eigenvalue weighted by atomic mass is 32.1. The van der Waals surface area contributed by atoms with Crippen LogP contribution in [-0.4, -0.2) is 70.7 Å². The van der Waals surface area contributed by atoms with E-state index >= 15 is 0 Å². The lowest BCUT2D eigenvalue weighted by Gasteiger charge is -2.20. The van der Waals surface area contributed by atoms with E-state index in [-0.39, 0.29) is 30.6 Å². The molecular weight excluding hydrogens is 506 g/mol. The first-order valence-electron chi connectivity index (χ1n) is 13.1. The molecule has 0 radical (unpaired) electrons. The van der Waals surface area contributed by atoms with Crippen LogP contribution in [0.25, 0.3) is 0 Å². The van der Waals surface area contributed by atoms with Crippen LogP contribution in [-0.2, 0) is 30.7 Å². The second kappa shape index (κ2) is 10.7. The molecule has 3 aliphatic rings. The molecule has 2 aromatic heterocycles. The molecule has 3 aromatic rings. The van der Waals surface area contributed by atoms with E-state index in [0.29, 0.717) is 49.0 Å². The van der Waals surface area contributed by atoms with Crippen LogP contribution in [0, 0.1) is 0 Å². The highest BCUT2D eigenvalue weighted by Gasteiger charge is 2.38. The van der Waals surface area contributed by atoms with E-state index in [1.165, 1.54) is 29.7 Å². The van der Waals surface area contributed by atoms with Crippen molar-refractivity contribution >= 4 is 23.2 Å². The Morgan fingerprint density at radius 3 is 2.97 bits per heavy atom. The van der Waals surface area contributed by atoms with Crippen molar-refractivity contribution < 1.29 is 23.8 Å². The molecule has 0 spiro atoms. The lowest BCUT2D eigenvalue weighted by molar-refractivity contribution is 0.0291. The van der Waals surface area contributed by atoms with Crippen molar-refractivity contribution in [1.82, 2.24) is 25.2 Å². The van der Waals surface area contributed by atoms with E-state index in [1.807, 2.05) is 6.20 Å². The Morgan fingerprint density at radius 1 is 1.18 bits per heavy atom. The summed E-state index contributed by atoms with van der Waals surface area (Å²) in [6.07, 6.45) is 7.12. The molecule has 1 saturated heterocycles. The van der Waals surface area contributed by atoms with Gasteiger partial charge in [-0.15, -0.1) is 16.4 Å². The molecule has 4 bridgehead atoms. The quantitative estimate of drug-likeness (QED) is 0.501. The summed E-state index contributed by atoms with van der Waals surface area (Å²) in [6, 6.07) is 6.79. The average Bonchev–Trinajstić information content (AvgIpc) is 3.62. The number of hydrogen-bond donors (Lipinski definition) is 1. The number of fused-ring (bicyclic) bond motifs is 6. The largest absolute Gasteiger partial charge is 0.493 e. The lowest BCUT2D eigenvalue weighted by Crippen LogP contribution is -2.44. The number of aryl methyl sites for hydroxylation is 2. The molecule has 11 heteroatoms. The van der Waals surface area contributed by atoms with Crippen molar-refractivity contribution in [3.63, 3.8) is 0 Å². The minimum absolute atomic E-state index is 0.00564. The number of hydrogen-bond acceptors (Lipinski definition) is 8. The zero-order valence-corrected chi connectivity index (χ0v) is 22.2. The highest BCUT2D eigenvalue weighted by Crippen LogP contribution is 2.31. The molecule has 1 fully saturated rings. The molecule has 2 atom stereocenters. The number of benzene rings is 1. The van der Waals surface area contributed by atoms with Gasteiger partial charge in [0, 0.05) is 23.5 Å². The van der Waals surface area contributed by atoms with Crippen molar-refractivity contribution in [2.24, 2.45) is 0 Å². The monoisotopic (exact) mass is 537 g/mol. The zero-order valence-electron chi connectivity index (χ0n) is 21.4. The van der Waals surface area contributed by atoms with Crippen LogP contribution in [0.1, 0.15) is 55.4 Å². The normalized spacial score (nSPS) is 21.7. The fourth-order valence-corrected chi connectivity index (χ4v) is 6.54. The Bertz CT molecular complexity index is 1310. The molecular formula is C27H31N5O5S. The smallest absolute Gasteiger partial charge is 0.264 e. The van der Waals surface area contributed by atoms with Gasteiger partial charge in [-0.2, -0.15) is 0 Å². The van der Waals surface area contributed by atoms with E-state index in [0.717, 1.165) is 17.7 Å². The highest BCUT2D eigenvalue weighted by molar-refractivity contribution is 7.14. The summed E-state index contributed by atoms with van der Waals surface area (Å²) in [5.41, 5.74) is 2.44. The molecule has 0 unspecified atom stereocenters. The van der Waals surface area contributed by atoms with Crippen molar-refractivity contribution in [2.45, 2.75) is 57.4 Å². The summed E-state index contributed by atoms with van der Waals surface area (Å²) >= 11 is 1.62. The minimum atomic E-state index is -0.384. The average molecular weight is 538 g/mol. The van der Waals surface area contributed by atoms with Gasteiger partial charge in [0.2, 0.25) is 0 Å². The first kappa shape index (κ1) is 24.9. The number of carbonyl (C=O) groups excluding carboxylic acids is 2. The number of rotatable bonds is 2. The molecule has 38 heavy (non-hydrogen) atoms. The van der Waals surface area contributed by atoms with Gasteiger partial charge >= 0.3 is 0 Å². The molecule has 4 heterocycles. The van der Waals surface area contributed by atoms with Crippen LogP contribution in [0.3, 0.4) is 0 Å². The SMILES string of the molecule is COc1ccc2cc1OCCn1cc(nn1)CO[C@H]1CN(C(=O)c3cc4c(s3)CCCCC4)C[C@@H]1NC2=O. The number of methoxy groups -OCH3 is 1. The maximum atomic E-state index is 13.5. The predicted molar refractivity (Wildman–Crippen MR) is 140 cm³/mol. The fraction of sp³-hybridized carbons (Fsp3) is 0.481. The number of thiophene rings is 1. The van der Waals surface area contributed by atoms with Gasteiger partial charge < -0.3 is 24.4 Å². The molecule has 1 aromatic carbocycles. The van der Waals surface area contributed by atoms with Crippen LogP contribution in [0.2, 0.25) is 0 Å². The number of amides is 2. The minimum Gasteiger partial charge on any atom is -0.493 e. The molecule has 200 valence electrons. The van der Waals surface area contributed by atoms with E-state index in [9.17, 15) is 9.59 Å². The van der Waals surface area contributed by atoms with Gasteiger partial charge in [0.05, 0.1) is 43.5 Å². The molecule has 2 amide bonds. The predicted octanol–water partition coefficient (Wildman–Crippen LogP) is 2.85. The fourth-order valence-electron chi connectivity index (χ4n) is 5.31. The number of nitrogens with zero attached hydrogens (tertiary/aromatic N) is 4. The Kier molecular flexibility index (Phi) is 7.03. The van der Waals surface area contributed by atoms with Gasteiger partial charge in [0.15, 0.2) is 11.5 Å². The molecule has 10 nitrogen and oxygen atoms in total. The summed E-state index contributed by atoms with van der Waals surface area (Å²) in [4.78, 5) is 30.7. The van der Waals surface area contributed by atoms with Gasteiger partial charge in [0.25, 0.3) is 11.8 Å². The number of ether oxygens (including phenoxy) is 3. The van der Waals surface area contributed by atoms with Gasteiger partial charge in [-0.1, -0.05) is 11.6 Å². The number of likely N-dealkylation sites (tertiary alicyclic amines) is 1. The van der Waals surface area contributed by atoms with Gasteiger partial charge in [-0.25, -0.2) is 4.68 Å². The standard InChI is InChI=1S/C27H31N5O5S/c1-35-21-8-7-18-11-22(21)36-10-9-32-13-19(29-30-32)16-37-23-15-31(14-20(23)28-26(18)33)27(34)25-12-17-5-3-2-4-6-24(17)38-25/h7-8,11-13,20,23H,2-6,9-10,14-16H2,1H3,(H,28,33)/t20-,23-/m0/s1. The van der Waals surface area contributed by atoms with E-state index in [4.69, 9.17) is 14.2 Å². The molecule has 1 N–H and O–H groups in total. The Labute approximate surface area is 224 Å². The van der Waals surface area contributed by atoms with Crippen molar-refractivity contribution in [2.75, 3.05) is 26.8 Å². The topological polar surface area (TPSA) is 108 Å².